The number of ether oxygens (including phenoxy) is 1. The van der Waals surface area contributed by atoms with Crippen LogP contribution in [-0.2, 0) is 4.74 Å². The highest BCUT2D eigenvalue weighted by Crippen LogP contribution is 2.25. The van der Waals surface area contributed by atoms with Crippen LogP contribution in [0.2, 0.25) is 0 Å². The van der Waals surface area contributed by atoms with Crippen LogP contribution in [0.15, 0.2) is 0 Å². The molecule has 1 aliphatic carbocycles. The fourth-order valence-electron chi connectivity index (χ4n) is 2.32. The summed E-state index contributed by atoms with van der Waals surface area (Å²) in [5.41, 5.74) is 0. The fourth-order valence-corrected chi connectivity index (χ4v) is 2.32. The van der Waals surface area contributed by atoms with Gasteiger partial charge in [0.25, 0.3) is 6.43 Å². The maximum Gasteiger partial charge on any atom is 0.265 e. The number of hydrogen-bond acceptors (Lipinski definition) is 4. The van der Waals surface area contributed by atoms with E-state index in [2.05, 4.69) is 12.2 Å². The molecule has 0 aromatic carbocycles. The minimum absolute atomic E-state index is 0.145. The van der Waals surface area contributed by atoms with Crippen molar-refractivity contribution in [3.05, 3.63) is 0 Å². The Morgan fingerprint density at radius 2 is 2.00 bits per heavy atom. The minimum atomic E-state index is -2.76. The number of aliphatic hydroxyl groups excluding tert-OH is 2. The number of nitrogens with one attached hydrogen (secondary N) is 1. The van der Waals surface area contributed by atoms with Crippen molar-refractivity contribution in [3.63, 3.8) is 0 Å². The molecule has 0 saturated heterocycles. The van der Waals surface area contributed by atoms with Gasteiger partial charge in [-0.1, -0.05) is 19.8 Å². The summed E-state index contributed by atoms with van der Waals surface area (Å²) in [5, 5.41) is 21.1. The van der Waals surface area contributed by atoms with Gasteiger partial charge >= 0.3 is 0 Å². The van der Waals surface area contributed by atoms with Crippen molar-refractivity contribution in [3.8, 4) is 0 Å². The molecule has 1 aliphatic rings. The summed E-state index contributed by atoms with van der Waals surface area (Å²) in [6.07, 6.45) is -0.557. The lowest BCUT2D eigenvalue weighted by atomic mass is 9.89. The largest absolute Gasteiger partial charge is 0.389 e. The van der Waals surface area contributed by atoms with E-state index >= 15 is 0 Å². The third kappa shape index (κ3) is 7.15. The van der Waals surface area contributed by atoms with Crippen LogP contribution in [0.5, 0.6) is 0 Å². The molecule has 0 aromatic rings. The van der Waals surface area contributed by atoms with Gasteiger partial charge in [0, 0.05) is 13.1 Å². The van der Waals surface area contributed by atoms with Crippen molar-refractivity contribution in [1.29, 1.82) is 0 Å². The lowest BCUT2D eigenvalue weighted by Gasteiger charge is -2.27. The van der Waals surface area contributed by atoms with Gasteiger partial charge in [-0.15, -0.1) is 0 Å². The summed E-state index contributed by atoms with van der Waals surface area (Å²) in [5.74, 6) is 0.662. The Kier molecular flexibility index (Phi) is 7.75. The Morgan fingerprint density at radius 3 is 2.63 bits per heavy atom. The van der Waals surface area contributed by atoms with E-state index in [0.717, 1.165) is 19.3 Å². The molecule has 0 aliphatic heterocycles. The van der Waals surface area contributed by atoms with E-state index in [1.165, 1.54) is 6.42 Å². The van der Waals surface area contributed by atoms with Crippen LogP contribution in [0.3, 0.4) is 0 Å². The average Bonchev–Trinajstić information content (AvgIpc) is 2.36. The quantitative estimate of drug-likeness (QED) is 0.625. The molecular formula is C13H25F2NO3. The van der Waals surface area contributed by atoms with E-state index < -0.39 is 18.6 Å². The van der Waals surface area contributed by atoms with Crippen molar-refractivity contribution >= 4 is 0 Å². The molecule has 114 valence electrons. The van der Waals surface area contributed by atoms with E-state index in [1.54, 1.807) is 0 Å². The van der Waals surface area contributed by atoms with Gasteiger partial charge in [0.2, 0.25) is 0 Å². The molecule has 1 rings (SSSR count). The van der Waals surface area contributed by atoms with E-state index in [4.69, 9.17) is 9.84 Å². The topological polar surface area (TPSA) is 61.7 Å². The Morgan fingerprint density at radius 1 is 1.26 bits per heavy atom. The molecule has 0 spiro atoms. The van der Waals surface area contributed by atoms with Gasteiger partial charge in [0.05, 0.1) is 18.8 Å². The third-order valence-corrected chi connectivity index (χ3v) is 3.44. The number of rotatable bonds is 8. The molecule has 1 fully saturated rings. The summed E-state index contributed by atoms with van der Waals surface area (Å²) in [7, 11) is 0. The van der Waals surface area contributed by atoms with Gasteiger partial charge in [-0.25, -0.2) is 8.78 Å². The van der Waals surface area contributed by atoms with Gasteiger partial charge in [0.15, 0.2) is 0 Å². The maximum absolute atomic E-state index is 12.0. The van der Waals surface area contributed by atoms with Gasteiger partial charge in [-0.05, 0) is 18.8 Å². The molecule has 4 atom stereocenters. The van der Waals surface area contributed by atoms with Crippen molar-refractivity contribution in [2.45, 2.75) is 57.3 Å². The van der Waals surface area contributed by atoms with Crippen LogP contribution in [-0.4, -0.2) is 54.6 Å². The predicted octanol–water partition coefficient (Wildman–Crippen LogP) is 1.16. The van der Waals surface area contributed by atoms with Gasteiger partial charge < -0.3 is 20.3 Å². The van der Waals surface area contributed by atoms with Gasteiger partial charge in [-0.2, -0.15) is 0 Å². The number of aliphatic hydroxyl groups is 2. The number of hydrogen-bond donors (Lipinski definition) is 3. The van der Waals surface area contributed by atoms with E-state index in [0.29, 0.717) is 5.92 Å². The number of halogens is 2. The highest BCUT2D eigenvalue weighted by molar-refractivity contribution is 4.71. The first-order chi connectivity index (χ1) is 8.99. The predicted molar refractivity (Wildman–Crippen MR) is 68.3 cm³/mol. The van der Waals surface area contributed by atoms with Crippen LogP contribution in [0, 0.1) is 5.92 Å². The Labute approximate surface area is 113 Å². The van der Waals surface area contributed by atoms with Crippen LogP contribution in [0.25, 0.3) is 0 Å². The smallest absolute Gasteiger partial charge is 0.265 e. The first kappa shape index (κ1) is 16.8. The summed E-state index contributed by atoms with van der Waals surface area (Å²) in [6.45, 7) is 2.32. The van der Waals surface area contributed by atoms with Crippen molar-refractivity contribution in [1.82, 2.24) is 5.32 Å². The fraction of sp³-hybridized carbons (Fsp3) is 1.00. The zero-order chi connectivity index (χ0) is 14.3. The zero-order valence-corrected chi connectivity index (χ0v) is 11.4. The molecule has 4 nitrogen and oxygen atoms in total. The molecule has 0 amide bonds. The molecular weight excluding hydrogens is 256 g/mol. The highest BCUT2D eigenvalue weighted by atomic mass is 19.3. The van der Waals surface area contributed by atoms with Gasteiger partial charge in [0.1, 0.15) is 6.10 Å². The summed E-state index contributed by atoms with van der Waals surface area (Å²) >= 11 is 0. The second-order valence-corrected chi connectivity index (χ2v) is 5.44. The lowest BCUT2D eigenvalue weighted by Crippen LogP contribution is -2.38. The molecule has 3 N–H and O–H groups in total. The Bertz CT molecular complexity index is 244. The molecule has 0 radical (unpaired) electrons. The van der Waals surface area contributed by atoms with E-state index in [-0.39, 0.29) is 25.8 Å². The standard InChI is InChI=1S/C13H25F2NO3/c1-9-3-2-4-11(5-9)19-8-10(17)6-16-7-12(18)13(14)15/h9-13,16-18H,2-8H2,1H3. The summed E-state index contributed by atoms with van der Waals surface area (Å²) in [6, 6.07) is 0. The average molecular weight is 281 g/mol. The summed E-state index contributed by atoms with van der Waals surface area (Å²) < 4.78 is 29.6. The molecule has 0 aromatic heterocycles. The van der Waals surface area contributed by atoms with E-state index in [1.807, 2.05) is 0 Å². The third-order valence-electron chi connectivity index (χ3n) is 3.44. The van der Waals surface area contributed by atoms with Crippen LogP contribution in [0.1, 0.15) is 32.6 Å². The van der Waals surface area contributed by atoms with Crippen molar-refractivity contribution in [2.24, 2.45) is 5.92 Å². The van der Waals surface area contributed by atoms with Crippen molar-refractivity contribution < 1.29 is 23.7 Å². The molecule has 19 heavy (non-hydrogen) atoms. The molecule has 1 saturated carbocycles. The Hall–Kier alpha value is -0.300. The highest BCUT2D eigenvalue weighted by Gasteiger charge is 2.20. The monoisotopic (exact) mass is 281 g/mol. The summed E-state index contributed by atoms with van der Waals surface area (Å²) in [4.78, 5) is 0. The first-order valence-corrected chi connectivity index (χ1v) is 6.95. The minimum Gasteiger partial charge on any atom is -0.389 e. The Balaban J connectivity index is 2.05. The van der Waals surface area contributed by atoms with Crippen LogP contribution >= 0.6 is 0 Å². The second kappa shape index (κ2) is 8.79. The van der Waals surface area contributed by atoms with Crippen molar-refractivity contribution in [2.75, 3.05) is 19.7 Å². The molecule has 0 heterocycles. The van der Waals surface area contributed by atoms with Gasteiger partial charge in [-0.3, -0.25) is 0 Å². The number of alkyl halides is 2. The first-order valence-electron chi connectivity index (χ1n) is 6.95. The normalized spacial score (nSPS) is 27.5. The van der Waals surface area contributed by atoms with Crippen LogP contribution in [0.4, 0.5) is 8.78 Å². The second-order valence-electron chi connectivity index (χ2n) is 5.44. The molecule has 4 unspecified atom stereocenters. The lowest BCUT2D eigenvalue weighted by molar-refractivity contribution is -0.0339. The molecule has 6 heteroatoms. The SMILES string of the molecule is CC1CCCC(OCC(O)CNCC(O)C(F)F)C1. The maximum atomic E-state index is 12.0. The van der Waals surface area contributed by atoms with E-state index in [9.17, 15) is 13.9 Å². The zero-order valence-electron chi connectivity index (χ0n) is 11.4. The van der Waals surface area contributed by atoms with Crippen LogP contribution < -0.4 is 5.32 Å². The molecule has 0 bridgehead atoms.